The summed E-state index contributed by atoms with van der Waals surface area (Å²) in [5.41, 5.74) is 0. The van der Waals surface area contributed by atoms with Gasteiger partial charge in [-0.1, -0.05) is 12.2 Å². The summed E-state index contributed by atoms with van der Waals surface area (Å²) in [6.45, 7) is 7.46. The Kier molecular flexibility index (Phi) is 3.48. The van der Waals surface area contributed by atoms with E-state index in [1.807, 2.05) is 13.8 Å². The third kappa shape index (κ3) is 3.19. The van der Waals surface area contributed by atoms with E-state index in [9.17, 15) is 4.79 Å². The molecule has 0 bridgehead atoms. The number of rotatable bonds is 3. The number of amides is 1. The molecule has 13 heavy (non-hydrogen) atoms. The van der Waals surface area contributed by atoms with Crippen LogP contribution in [0.25, 0.3) is 0 Å². The van der Waals surface area contributed by atoms with Gasteiger partial charge in [0.15, 0.2) is 0 Å². The van der Waals surface area contributed by atoms with Gasteiger partial charge in [-0.15, -0.1) is 0 Å². The van der Waals surface area contributed by atoms with Crippen molar-refractivity contribution in [1.82, 2.24) is 10.2 Å². The van der Waals surface area contributed by atoms with Crippen LogP contribution in [0.5, 0.6) is 0 Å². The second kappa shape index (κ2) is 4.42. The Hall–Kier alpha value is -0.830. The molecular weight excluding hydrogens is 164 g/mol. The second-order valence-electron chi connectivity index (χ2n) is 3.82. The molecule has 1 aliphatic rings. The van der Waals surface area contributed by atoms with Gasteiger partial charge < -0.3 is 5.32 Å². The van der Waals surface area contributed by atoms with E-state index in [2.05, 4.69) is 29.3 Å². The predicted octanol–water partition coefficient (Wildman–Crippen LogP) is 0.771. The van der Waals surface area contributed by atoms with Crippen molar-refractivity contribution in [2.45, 2.75) is 32.9 Å². The van der Waals surface area contributed by atoms with E-state index in [1.165, 1.54) is 0 Å². The van der Waals surface area contributed by atoms with Crippen molar-refractivity contribution in [2.75, 3.05) is 13.1 Å². The quantitative estimate of drug-likeness (QED) is 0.654. The molecule has 74 valence electrons. The Balaban J connectivity index is 2.28. The highest BCUT2D eigenvalue weighted by molar-refractivity contribution is 5.78. The number of nitrogens with zero attached hydrogens (tertiary/aromatic N) is 1. The molecule has 0 saturated carbocycles. The van der Waals surface area contributed by atoms with Crippen LogP contribution >= 0.6 is 0 Å². The van der Waals surface area contributed by atoms with E-state index in [0.717, 1.165) is 6.54 Å². The van der Waals surface area contributed by atoms with Crippen LogP contribution in [0.15, 0.2) is 12.2 Å². The third-order valence-corrected chi connectivity index (χ3v) is 2.13. The summed E-state index contributed by atoms with van der Waals surface area (Å²) in [4.78, 5) is 13.5. The van der Waals surface area contributed by atoms with Crippen LogP contribution in [-0.2, 0) is 4.79 Å². The summed E-state index contributed by atoms with van der Waals surface area (Å²) in [5.74, 6) is 0.116. The maximum atomic E-state index is 11.4. The molecule has 0 aromatic rings. The fraction of sp³-hybridized carbons (Fsp3) is 0.700. The van der Waals surface area contributed by atoms with Gasteiger partial charge in [0, 0.05) is 18.6 Å². The van der Waals surface area contributed by atoms with Crippen LogP contribution in [0.3, 0.4) is 0 Å². The van der Waals surface area contributed by atoms with Crippen LogP contribution in [0.2, 0.25) is 0 Å². The van der Waals surface area contributed by atoms with Crippen molar-refractivity contribution < 1.29 is 4.79 Å². The van der Waals surface area contributed by atoms with E-state index in [-0.39, 0.29) is 11.9 Å². The summed E-state index contributed by atoms with van der Waals surface area (Å²) in [5, 5.41) is 2.88. The Morgan fingerprint density at radius 1 is 1.69 bits per heavy atom. The molecule has 0 aliphatic carbocycles. The van der Waals surface area contributed by atoms with E-state index in [1.54, 1.807) is 0 Å². The van der Waals surface area contributed by atoms with Crippen molar-refractivity contribution in [3.05, 3.63) is 12.2 Å². The second-order valence-corrected chi connectivity index (χ2v) is 3.82. The maximum Gasteiger partial charge on any atom is 0.234 e. The minimum absolute atomic E-state index is 0.116. The average molecular weight is 182 g/mol. The first kappa shape index (κ1) is 10.3. The van der Waals surface area contributed by atoms with Gasteiger partial charge in [-0.3, -0.25) is 9.69 Å². The van der Waals surface area contributed by atoms with Crippen LogP contribution < -0.4 is 5.32 Å². The fourth-order valence-electron chi connectivity index (χ4n) is 1.44. The molecule has 3 nitrogen and oxygen atoms in total. The highest BCUT2D eigenvalue weighted by Crippen LogP contribution is 2.07. The minimum atomic E-state index is 0.116. The molecule has 1 unspecified atom stereocenters. The number of hydrogen-bond acceptors (Lipinski definition) is 2. The lowest BCUT2D eigenvalue weighted by Gasteiger charge is -2.20. The molecule has 0 aromatic heterocycles. The monoisotopic (exact) mass is 182 g/mol. The van der Waals surface area contributed by atoms with Gasteiger partial charge in [-0.05, 0) is 20.8 Å². The first-order chi connectivity index (χ1) is 6.09. The van der Waals surface area contributed by atoms with E-state index >= 15 is 0 Å². The molecule has 0 aromatic carbocycles. The van der Waals surface area contributed by atoms with Gasteiger partial charge in [0.1, 0.15) is 0 Å². The summed E-state index contributed by atoms with van der Waals surface area (Å²) < 4.78 is 0. The molecule has 0 radical (unpaired) electrons. The van der Waals surface area contributed by atoms with Crippen LogP contribution in [0, 0.1) is 0 Å². The molecule has 0 spiro atoms. The highest BCUT2D eigenvalue weighted by Gasteiger charge is 2.17. The highest BCUT2D eigenvalue weighted by atomic mass is 16.2. The fourth-order valence-corrected chi connectivity index (χ4v) is 1.44. The zero-order chi connectivity index (χ0) is 9.84. The van der Waals surface area contributed by atoms with Gasteiger partial charge in [-0.2, -0.15) is 0 Å². The van der Waals surface area contributed by atoms with Crippen molar-refractivity contribution >= 4 is 5.91 Å². The Morgan fingerprint density at radius 2 is 2.38 bits per heavy atom. The van der Waals surface area contributed by atoms with Gasteiger partial charge in [-0.25, -0.2) is 0 Å². The standard InChI is InChI=1S/C10H18N2O/c1-8(2)11-10(13)7-12-6-4-5-9(12)3/h4-5,8-9H,6-7H2,1-3H3,(H,11,13). The van der Waals surface area contributed by atoms with E-state index < -0.39 is 0 Å². The van der Waals surface area contributed by atoms with E-state index in [0.29, 0.717) is 12.6 Å². The van der Waals surface area contributed by atoms with Gasteiger partial charge in [0.25, 0.3) is 0 Å². The van der Waals surface area contributed by atoms with Crippen molar-refractivity contribution in [3.8, 4) is 0 Å². The molecule has 1 atom stereocenters. The summed E-state index contributed by atoms with van der Waals surface area (Å²) in [7, 11) is 0. The Labute approximate surface area is 79.8 Å². The summed E-state index contributed by atoms with van der Waals surface area (Å²) >= 11 is 0. The van der Waals surface area contributed by atoms with Crippen LogP contribution in [-0.4, -0.2) is 36.0 Å². The molecule has 0 fully saturated rings. The average Bonchev–Trinajstić information content (AvgIpc) is 2.34. The van der Waals surface area contributed by atoms with Crippen molar-refractivity contribution in [1.29, 1.82) is 0 Å². The normalized spacial score (nSPS) is 22.6. The number of hydrogen-bond donors (Lipinski definition) is 1. The lowest BCUT2D eigenvalue weighted by Crippen LogP contribution is -2.41. The Bertz CT molecular complexity index is 211. The SMILES string of the molecule is CC(C)NC(=O)CN1CC=CC1C. The van der Waals surface area contributed by atoms with Crippen molar-refractivity contribution in [3.63, 3.8) is 0 Å². The molecule has 1 heterocycles. The van der Waals surface area contributed by atoms with Crippen LogP contribution in [0.1, 0.15) is 20.8 Å². The maximum absolute atomic E-state index is 11.4. The topological polar surface area (TPSA) is 32.3 Å². The molecule has 3 heteroatoms. The molecule has 1 N–H and O–H groups in total. The van der Waals surface area contributed by atoms with Crippen LogP contribution in [0.4, 0.5) is 0 Å². The molecule has 1 rings (SSSR count). The molecule has 1 aliphatic heterocycles. The van der Waals surface area contributed by atoms with Gasteiger partial charge >= 0.3 is 0 Å². The lowest BCUT2D eigenvalue weighted by molar-refractivity contribution is -0.122. The molecule has 1 amide bonds. The predicted molar refractivity (Wildman–Crippen MR) is 53.5 cm³/mol. The zero-order valence-electron chi connectivity index (χ0n) is 8.58. The number of carbonyl (C=O) groups excluding carboxylic acids is 1. The first-order valence-corrected chi connectivity index (χ1v) is 4.79. The van der Waals surface area contributed by atoms with Crippen molar-refractivity contribution in [2.24, 2.45) is 0 Å². The number of carbonyl (C=O) groups is 1. The summed E-state index contributed by atoms with van der Waals surface area (Å²) in [6.07, 6.45) is 4.23. The molecule has 0 saturated heterocycles. The van der Waals surface area contributed by atoms with E-state index in [4.69, 9.17) is 0 Å². The Morgan fingerprint density at radius 3 is 2.85 bits per heavy atom. The largest absolute Gasteiger partial charge is 0.353 e. The van der Waals surface area contributed by atoms with Gasteiger partial charge in [0.2, 0.25) is 5.91 Å². The minimum Gasteiger partial charge on any atom is -0.353 e. The first-order valence-electron chi connectivity index (χ1n) is 4.79. The zero-order valence-corrected chi connectivity index (χ0v) is 8.58. The summed E-state index contributed by atoms with van der Waals surface area (Å²) in [6, 6.07) is 0.635. The number of nitrogens with one attached hydrogen (secondary N) is 1. The van der Waals surface area contributed by atoms with Gasteiger partial charge in [0.05, 0.1) is 6.54 Å². The third-order valence-electron chi connectivity index (χ3n) is 2.13. The lowest BCUT2D eigenvalue weighted by atomic mass is 10.3. The smallest absolute Gasteiger partial charge is 0.234 e. The molecular formula is C10H18N2O.